The Hall–Kier alpha value is -2.28. The van der Waals surface area contributed by atoms with E-state index in [1.807, 2.05) is 30.3 Å². The second-order valence-corrected chi connectivity index (χ2v) is 5.75. The molecule has 6 heteroatoms. The lowest BCUT2D eigenvalue weighted by atomic mass is 10.1. The third-order valence-corrected chi connectivity index (χ3v) is 3.91. The molecule has 25 heavy (non-hydrogen) atoms. The molecule has 1 N–H and O–H groups in total. The van der Waals surface area contributed by atoms with Crippen molar-refractivity contribution in [2.45, 2.75) is 31.3 Å². The number of hydrogen-bond acceptors (Lipinski definition) is 5. The highest BCUT2D eigenvalue weighted by atomic mass is 19.1. The molecule has 0 spiro atoms. The normalized spacial score (nSPS) is 25.7. The number of aliphatic hydroxyl groups excluding tert-OH is 1. The fourth-order valence-electron chi connectivity index (χ4n) is 2.59. The SMILES string of the molecule is O=C(O[C@@H]1[C@H](F)[C@@H](COCc2ccccc2)O[C@@H]1O)c1ccccc1. The monoisotopic (exact) mass is 346 g/mol. The summed E-state index contributed by atoms with van der Waals surface area (Å²) in [6.45, 7) is 0.254. The molecule has 0 saturated carbocycles. The topological polar surface area (TPSA) is 65.0 Å². The second-order valence-electron chi connectivity index (χ2n) is 5.75. The molecule has 0 amide bonds. The van der Waals surface area contributed by atoms with E-state index in [1.54, 1.807) is 30.3 Å². The molecular weight excluding hydrogens is 327 g/mol. The molecule has 132 valence electrons. The summed E-state index contributed by atoms with van der Waals surface area (Å²) in [5.41, 5.74) is 1.23. The molecule has 0 aromatic heterocycles. The minimum absolute atomic E-state index is 0.0491. The Morgan fingerprint density at radius 2 is 1.72 bits per heavy atom. The van der Waals surface area contributed by atoms with E-state index in [-0.39, 0.29) is 12.2 Å². The third kappa shape index (κ3) is 4.42. The summed E-state index contributed by atoms with van der Waals surface area (Å²) < 4.78 is 30.1. The lowest BCUT2D eigenvalue weighted by molar-refractivity contribution is -0.139. The van der Waals surface area contributed by atoms with Gasteiger partial charge in [-0.05, 0) is 17.7 Å². The minimum Gasteiger partial charge on any atom is -0.450 e. The van der Waals surface area contributed by atoms with Gasteiger partial charge < -0.3 is 19.3 Å². The van der Waals surface area contributed by atoms with Crippen LogP contribution in [0.25, 0.3) is 0 Å². The van der Waals surface area contributed by atoms with Crippen LogP contribution < -0.4 is 0 Å². The first kappa shape index (κ1) is 17.5. The van der Waals surface area contributed by atoms with E-state index < -0.39 is 30.6 Å². The molecule has 4 atom stereocenters. The van der Waals surface area contributed by atoms with Gasteiger partial charge in [-0.3, -0.25) is 0 Å². The molecule has 0 bridgehead atoms. The number of halogens is 1. The Labute approximate surface area is 144 Å². The molecule has 2 aromatic carbocycles. The molecule has 2 aromatic rings. The number of aliphatic hydroxyl groups is 1. The highest BCUT2D eigenvalue weighted by molar-refractivity contribution is 5.89. The van der Waals surface area contributed by atoms with Crippen molar-refractivity contribution in [3.8, 4) is 0 Å². The van der Waals surface area contributed by atoms with Crippen molar-refractivity contribution in [3.05, 3.63) is 71.8 Å². The van der Waals surface area contributed by atoms with Crippen molar-refractivity contribution in [1.82, 2.24) is 0 Å². The predicted molar refractivity (Wildman–Crippen MR) is 87.5 cm³/mol. The number of hydrogen-bond donors (Lipinski definition) is 1. The van der Waals surface area contributed by atoms with Crippen LogP contribution >= 0.6 is 0 Å². The zero-order valence-corrected chi connectivity index (χ0v) is 13.5. The van der Waals surface area contributed by atoms with Crippen LogP contribution in [0.2, 0.25) is 0 Å². The molecule has 0 unspecified atom stereocenters. The van der Waals surface area contributed by atoms with E-state index in [1.165, 1.54) is 0 Å². The minimum atomic E-state index is -1.67. The fraction of sp³-hybridized carbons (Fsp3) is 0.316. The van der Waals surface area contributed by atoms with Gasteiger partial charge in [-0.1, -0.05) is 48.5 Å². The van der Waals surface area contributed by atoms with Crippen LogP contribution in [-0.4, -0.2) is 42.4 Å². The van der Waals surface area contributed by atoms with E-state index in [9.17, 15) is 14.3 Å². The Morgan fingerprint density at radius 3 is 2.40 bits per heavy atom. The van der Waals surface area contributed by atoms with Gasteiger partial charge in [0.05, 0.1) is 18.8 Å². The largest absolute Gasteiger partial charge is 0.450 e. The van der Waals surface area contributed by atoms with Gasteiger partial charge in [-0.2, -0.15) is 0 Å². The van der Waals surface area contributed by atoms with Crippen molar-refractivity contribution in [2.24, 2.45) is 0 Å². The highest BCUT2D eigenvalue weighted by Crippen LogP contribution is 2.26. The average Bonchev–Trinajstić information content (AvgIpc) is 2.91. The van der Waals surface area contributed by atoms with Crippen LogP contribution in [0.5, 0.6) is 0 Å². The first-order valence-electron chi connectivity index (χ1n) is 8.00. The van der Waals surface area contributed by atoms with Crippen molar-refractivity contribution in [2.75, 3.05) is 6.61 Å². The molecule has 0 aliphatic carbocycles. The van der Waals surface area contributed by atoms with Gasteiger partial charge in [0.25, 0.3) is 0 Å². The number of carbonyl (C=O) groups excluding carboxylic acids is 1. The molecule has 5 nitrogen and oxygen atoms in total. The lowest BCUT2D eigenvalue weighted by Gasteiger charge is -2.16. The van der Waals surface area contributed by atoms with Crippen LogP contribution in [0.4, 0.5) is 4.39 Å². The standard InChI is InChI=1S/C19H19FO5/c20-16-15(12-23-11-13-7-3-1-4-8-13)24-19(22)17(16)25-18(21)14-9-5-2-6-10-14/h1-10,15-17,19,22H,11-12H2/t15-,16-,17-,19+/m1/s1. The summed E-state index contributed by atoms with van der Waals surface area (Å²) in [4.78, 5) is 12.0. The van der Waals surface area contributed by atoms with Crippen molar-refractivity contribution >= 4 is 5.97 Å². The van der Waals surface area contributed by atoms with Gasteiger partial charge in [0, 0.05) is 0 Å². The molecule has 1 aliphatic rings. The summed E-state index contributed by atoms with van der Waals surface area (Å²) in [7, 11) is 0. The summed E-state index contributed by atoms with van der Waals surface area (Å²) in [5, 5.41) is 9.85. The summed E-state index contributed by atoms with van der Waals surface area (Å²) in [5.74, 6) is -0.707. The van der Waals surface area contributed by atoms with Crippen molar-refractivity contribution in [3.63, 3.8) is 0 Å². The summed E-state index contributed by atoms with van der Waals surface area (Å²) >= 11 is 0. The zero-order chi connectivity index (χ0) is 17.6. The number of rotatable bonds is 6. The Bertz CT molecular complexity index is 679. The number of carbonyl (C=O) groups is 1. The number of alkyl halides is 1. The Balaban J connectivity index is 1.52. The molecular formula is C19H19FO5. The Morgan fingerprint density at radius 1 is 1.08 bits per heavy atom. The quantitative estimate of drug-likeness (QED) is 0.814. The predicted octanol–water partition coefficient (Wildman–Crippen LogP) is 2.48. The van der Waals surface area contributed by atoms with Crippen molar-refractivity contribution in [1.29, 1.82) is 0 Å². The Kier molecular flexibility index (Phi) is 5.75. The number of esters is 1. The smallest absolute Gasteiger partial charge is 0.338 e. The van der Waals surface area contributed by atoms with E-state index in [4.69, 9.17) is 14.2 Å². The lowest BCUT2D eigenvalue weighted by Crippen LogP contribution is -2.35. The first-order chi connectivity index (χ1) is 12.1. The summed E-state index contributed by atoms with van der Waals surface area (Å²) in [6, 6.07) is 17.6. The van der Waals surface area contributed by atoms with E-state index in [2.05, 4.69) is 0 Å². The van der Waals surface area contributed by atoms with Gasteiger partial charge in [-0.25, -0.2) is 9.18 Å². The number of benzene rings is 2. The number of ether oxygens (including phenoxy) is 3. The van der Waals surface area contributed by atoms with Gasteiger partial charge in [-0.15, -0.1) is 0 Å². The molecule has 1 heterocycles. The molecule has 3 rings (SSSR count). The second kappa shape index (κ2) is 8.20. The average molecular weight is 346 g/mol. The maximum Gasteiger partial charge on any atom is 0.338 e. The summed E-state index contributed by atoms with van der Waals surface area (Å²) in [6.07, 6.45) is -5.56. The van der Waals surface area contributed by atoms with E-state index in [0.717, 1.165) is 5.56 Å². The van der Waals surface area contributed by atoms with Gasteiger partial charge in [0.15, 0.2) is 18.6 Å². The molecule has 1 aliphatic heterocycles. The van der Waals surface area contributed by atoms with Crippen molar-refractivity contribution < 1.29 is 28.5 Å². The third-order valence-electron chi connectivity index (χ3n) is 3.91. The van der Waals surface area contributed by atoms with Gasteiger partial charge in [0.2, 0.25) is 0 Å². The van der Waals surface area contributed by atoms with E-state index >= 15 is 0 Å². The molecule has 0 radical (unpaired) electrons. The maximum atomic E-state index is 14.5. The molecule has 1 fully saturated rings. The van der Waals surface area contributed by atoms with Crippen LogP contribution in [0, 0.1) is 0 Å². The first-order valence-corrected chi connectivity index (χ1v) is 8.00. The zero-order valence-electron chi connectivity index (χ0n) is 13.5. The van der Waals surface area contributed by atoms with Crippen LogP contribution in [0.15, 0.2) is 60.7 Å². The van der Waals surface area contributed by atoms with Gasteiger partial charge in [0.1, 0.15) is 6.10 Å². The maximum absolute atomic E-state index is 14.5. The van der Waals surface area contributed by atoms with Crippen LogP contribution in [-0.2, 0) is 20.8 Å². The van der Waals surface area contributed by atoms with E-state index in [0.29, 0.717) is 6.61 Å². The fourth-order valence-corrected chi connectivity index (χ4v) is 2.59. The molecule has 1 saturated heterocycles. The van der Waals surface area contributed by atoms with Crippen LogP contribution in [0.3, 0.4) is 0 Å². The van der Waals surface area contributed by atoms with Gasteiger partial charge >= 0.3 is 5.97 Å². The highest BCUT2D eigenvalue weighted by Gasteiger charge is 2.47. The van der Waals surface area contributed by atoms with Crippen LogP contribution in [0.1, 0.15) is 15.9 Å².